The maximum atomic E-state index is 12.9. The van der Waals surface area contributed by atoms with Crippen LogP contribution in [0.15, 0.2) is 18.3 Å². The molecule has 2 heterocycles. The predicted octanol–water partition coefficient (Wildman–Crippen LogP) is 3.75. The van der Waals surface area contributed by atoms with E-state index in [1.165, 1.54) is 0 Å². The van der Waals surface area contributed by atoms with Crippen LogP contribution in [0.2, 0.25) is 0 Å². The van der Waals surface area contributed by atoms with Crippen molar-refractivity contribution in [2.75, 3.05) is 13.1 Å². The molecule has 1 spiro atoms. The summed E-state index contributed by atoms with van der Waals surface area (Å²) in [5, 5.41) is 0. The first-order chi connectivity index (χ1) is 12.9. The van der Waals surface area contributed by atoms with Crippen LogP contribution >= 0.6 is 0 Å². The molecule has 28 heavy (non-hydrogen) atoms. The zero-order valence-electron chi connectivity index (χ0n) is 17.9. The zero-order valence-corrected chi connectivity index (χ0v) is 18.7. The maximum Gasteiger partial charge on any atom is 0.410 e. The normalized spacial score (nSPS) is 22.8. The van der Waals surface area contributed by atoms with E-state index in [4.69, 9.17) is 4.74 Å². The predicted molar refractivity (Wildman–Crippen MR) is 111 cm³/mol. The first kappa shape index (κ1) is 21.2. The summed E-state index contributed by atoms with van der Waals surface area (Å²) < 4.78 is 21.5. The summed E-state index contributed by atoms with van der Waals surface area (Å²) in [4.78, 5) is 18.8. The molecule has 2 aliphatic rings. The Hall–Kier alpha value is -1.47. The smallest absolute Gasteiger partial charge is 0.410 e. The van der Waals surface area contributed by atoms with E-state index in [-0.39, 0.29) is 22.3 Å². The summed E-state index contributed by atoms with van der Waals surface area (Å²) in [5.41, 5.74) is 1.66. The molecule has 0 bridgehead atoms. The number of hydrogen-bond acceptors (Lipinski definition) is 4. The van der Waals surface area contributed by atoms with Crippen molar-refractivity contribution in [2.24, 2.45) is 5.41 Å². The number of aromatic nitrogens is 1. The molecule has 1 fully saturated rings. The molecule has 156 valence electrons. The van der Waals surface area contributed by atoms with Crippen molar-refractivity contribution in [1.82, 2.24) is 14.6 Å². The standard InChI is InChI=1S/C21H33N3O3S/c1-19(2,3)27-18(25)24-12-9-21(10-13-24)14-16-15(8-7-11-22-16)17(21)23-28(26)20(4,5)6/h7-8,11,17,23H,9-10,12-14H2,1-6H3/t17-,28+/m0/s1. The van der Waals surface area contributed by atoms with Gasteiger partial charge in [-0.1, -0.05) is 6.07 Å². The number of pyridine rings is 1. The Morgan fingerprint density at radius 2 is 1.89 bits per heavy atom. The van der Waals surface area contributed by atoms with E-state index in [9.17, 15) is 9.00 Å². The fourth-order valence-electron chi connectivity index (χ4n) is 4.03. The minimum absolute atomic E-state index is 0.0166. The highest BCUT2D eigenvalue weighted by Crippen LogP contribution is 2.51. The molecule has 1 aliphatic carbocycles. The average Bonchev–Trinajstić information content (AvgIpc) is 2.86. The van der Waals surface area contributed by atoms with E-state index in [0.29, 0.717) is 13.1 Å². The van der Waals surface area contributed by atoms with Crippen LogP contribution in [0.4, 0.5) is 4.79 Å². The minimum atomic E-state index is -1.18. The number of carbonyl (C=O) groups is 1. The van der Waals surface area contributed by atoms with Gasteiger partial charge in [0.1, 0.15) is 5.60 Å². The molecule has 6 nitrogen and oxygen atoms in total. The molecule has 1 saturated heterocycles. The van der Waals surface area contributed by atoms with Gasteiger partial charge in [0, 0.05) is 25.0 Å². The van der Waals surface area contributed by atoms with Crippen LogP contribution in [-0.4, -0.2) is 43.6 Å². The summed E-state index contributed by atoms with van der Waals surface area (Å²) in [6.07, 6.45) is 4.10. The van der Waals surface area contributed by atoms with Gasteiger partial charge in [-0.15, -0.1) is 0 Å². The SMILES string of the molecule is CC(C)(C)OC(=O)N1CCC2(CC1)Cc1ncccc1[C@@H]2N[S@](=O)C(C)(C)C. The van der Waals surface area contributed by atoms with Gasteiger partial charge in [0.15, 0.2) is 0 Å². The lowest BCUT2D eigenvalue weighted by Gasteiger charge is -2.43. The van der Waals surface area contributed by atoms with Crippen molar-refractivity contribution in [1.29, 1.82) is 0 Å². The highest BCUT2D eigenvalue weighted by atomic mass is 32.2. The van der Waals surface area contributed by atoms with Crippen molar-refractivity contribution >= 4 is 17.1 Å². The van der Waals surface area contributed by atoms with Crippen LogP contribution in [0.25, 0.3) is 0 Å². The summed E-state index contributed by atoms with van der Waals surface area (Å²) in [6.45, 7) is 12.9. The number of nitrogens with zero attached hydrogens (tertiary/aromatic N) is 2. The van der Waals surface area contributed by atoms with Crippen molar-refractivity contribution in [3.05, 3.63) is 29.6 Å². The van der Waals surface area contributed by atoms with Gasteiger partial charge < -0.3 is 9.64 Å². The molecule has 1 amide bonds. The second-order valence-electron chi connectivity index (χ2n) is 9.98. The Labute approximate surface area is 171 Å². The molecular formula is C21H33N3O3S. The number of likely N-dealkylation sites (tertiary alicyclic amines) is 1. The lowest BCUT2D eigenvalue weighted by molar-refractivity contribution is 0.00719. The van der Waals surface area contributed by atoms with Gasteiger partial charge in [0.25, 0.3) is 0 Å². The number of amides is 1. The fourth-order valence-corrected chi connectivity index (χ4v) is 4.97. The average molecular weight is 408 g/mol. The third-order valence-electron chi connectivity index (χ3n) is 5.56. The summed E-state index contributed by atoms with van der Waals surface area (Å²) in [5.74, 6) is 0. The van der Waals surface area contributed by atoms with E-state index in [1.54, 1.807) is 4.90 Å². The Morgan fingerprint density at radius 3 is 2.46 bits per heavy atom. The number of carbonyl (C=O) groups excluding carboxylic acids is 1. The molecule has 0 radical (unpaired) electrons. The summed E-state index contributed by atoms with van der Waals surface area (Å²) in [7, 11) is -1.18. The molecule has 1 aliphatic heterocycles. The minimum Gasteiger partial charge on any atom is -0.444 e. The molecule has 7 heteroatoms. The third kappa shape index (κ3) is 4.40. The Morgan fingerprint density at radius 1 is 1.25 bits per heavy atom. The fraction of sp³-hybridized carbons (Fsp3) is 0.714. The van der Waals surface area contributed by atoms with Gasteiger partial charge in [0.2, 0.25) is 0 Å². The highest BCUT2D eigenvalue weighted by Gasteiger charge is 2.50. The third-order valence-corrected chi connectivity index (χ3v) is 7.12. The van der Waals surface area contributed by atoms with E-state index in [2.05, 4.69) is 15.8 Å². The molecule has 2 atom stereocenters. The van der Waals surface area contributed by atoms with Crippen LogP contribution in [0, 0.1) is 5.41 Å². The van der Waals surface area contributed by atoms with Crippen molar-refractivity contribution in [3.63, 3.8) is 0 Å². The number of ether oxygens (including phenoxy) is 1. The number of hydrogen-bond donors (Lipinski definition) is 1. The van der Waals surface area contributed by atoms with Crippen molar-refractivity contribution in [3.8, 4) is 0 Å². The van der Waals surface area contributed by atoms with Gasteiger partial charge in [-0.3, -0.25) is 4.98 Å². The molecule has 0 saturated carbocycles. The van der Waals surface area contributed by atoms with E-state index in [0.717, 1.165) is 30.5 Å². The van der Waals surface area contributed by atoms with Gasteiger partial charge in [0.05, 0.1) is 21.8 Å². The zero-order chi connectivity index (χ0) is 20.7. The highest BCUT2D eigenvalue weighted by molar-refractivity contribution is 7.84. The molecule has 0 unspecified atom stereocenters. The number of rotatable bonds is 2. The van der Waals surface area contributed by atoms with Crippen LogP contribution in [0.3, 0.4) is 0 Å². The van der Waals surface area contributed by atoms with Crippen molar-refractivity contribution in [2.45, 2.75) is 77.2 Å². The van der Waals surface area contributed by atoms with E-state index >= 15 is 0 Å². The van der Waals surface area contributed by atoms with Crippen molar-refractivity contribution < 1.29 is 13.7 Å². The number of nitrogens with one attached hydrogen (secondary N) is 1. The van der Waals surface area contributed by atoms with Crippen LogP contribution in [0.5, 0.6) is 0 Å². The summed E-state index contributed by atoms with van der Waals surface area (Å²) in [6, 6.07) is 4.02. The number of fused-ring (bicyclic) bond motifs is 1. The van der Waals surface area contributed by atoms with Gasteiger partial charge >= 0.3 is 6.09 Å². The molecule has 3 rings (SSSR count). The lowest BCUT2D eigenvalue weighted by Crippen LogP contribution is -2.49. The van der Waals surface area contributed by atoms with Gasteiger partial charge in [-0.05, 0) is 77.8 Å². The molecular weight excluding hydrogens is 374 g/mol. The number of piperidine rings is 1. The largest absolute Gasteiger partial charge is 0.444 e. The van der Waals surface area contributed by atoms with Crippen LogP contribution in [-0.2, 0) is 22.1 Å². The lowest BCUT2D eigenvalue weighted by atomic mass is 9.73. The maximum absolute atomic E-state index is 12.9. The Kier molecular flexibility index (Phi) is 5.62. The van der Waals surface area contributed by atoms with Gasteiger partial charge in [-0.25, -0.2) is 13.7 Å². The van der Waals surface area contributed by atoms with Crippen LogP contribution < -0.4 is 4.72 Å². The van der Waals surface area contributed by atoms with Gasteiger partial charge in [-0.2, -0.15) is 0 Å². The summed E-state index contributed by atoms with van der Waals surface area (Å²) >= 11 is 0. The quantitative estimate of drug-likeness (QED) is 0.810. The first-order valence-corrected chi connectivity index (χ1v) is 11.2. The second-order valence-corrected chi connectivity index (χ2v) is 12.0. The monoisotopic (exact) mass is 407 g/mol. The topological polar surface area (TPSA) is 71.5 Å². The molecule has 1 aromatic heterocycles. The molecule has 1 N–H and O–H groups in total. The molecule has 1 aromatic rings. The second kappa shape index (κ2) is 7.41. The van der Waals surface area contributed by atoms with E-state index < -0.39 is 16.6 Å². The Bertz CT molecular complexity index is 759. The Balaban J connectivity index is 1.79. The van der Waals surface area contributed by atoms with E-state index in [1.807, 2.05) is 53.8 Å². The molecule has 0 aromatic carbocycles. The first-order valence-electron chi connectivity index (χ1n) is 10.0. The van der Waals surface area contributed by atoms with Crippen LogP contribution in [0.1, 0.15) is 71.7 Å².